The molecule has 0 spiro atoms. The number of aldehydes is 1. The third-order valence-electron chi connectivity index (χ3n) is 3.07. The molecule has 0 aliphatic carbocycles. The van der Waals surface area contributed by atoms with Crippen LogP contribution in [-0.4, -0.2) is 11.3 Å². The van der Waals surface area contributed by atoms with Crippen molar-refractivity contribution >= 4 is 33.1 Å². The van der Waals surface area contributed by atoms with Crippen molar-refractivity contribution < 1.29 is 9.18 Å². The van der Waals surface area contributed by atoms with Crippen LogP contribution in [0.25, 0.3) is 22.2 Å². The number of fused-ring (bicyclic) bond motifs is 1. The molecule has 3 rings (SSSR count). The van der Waals surface area contributed by atoms with Crippen molar-refractivity contribution in [2.75, 3.05) is 0 Å². The Morgan fingerprint density at radius 2 is 1.84 bits per heavy atom. The first-order chi connectivity index (χ1) is 9.20. The monoisotopic (exact) mass is 317 g/mol. The van der Waals surface area contributed by atoms with Gasteiger partial charge in [-0.3, -0.25) is 4.79 Å². The number of carbonyl (C=O) groups excluding carboxylic acids is 1. The number of aromatic nitrogens is 1. The number of hydrogen-bond donors (Lipinski definition) is 1. The first-order valence-corrected chi connectivity index (χ1v) is 6.51. The molecule has 19 heavy (non-hydrogen) atoms. The minimum atomic E-state index is -0.298. The zero-order chi connectivity index (χ0) is 13.4. The summed E-state index contributed by atoms with van der Waals surface area (Å²) in [5, 5.41) is 0.851. The number of hydrogen-bond acceptors (Lipinski definition) is 1. The van der Waals surface area contributed by atoms with Crippen LogP contribution in [0.4, 0.5) is 4.39 Å². The topological polar surface area (TPSA) is 32.9 Å². The Bertz CT molecular complexity index is 762. The molecule has 0 fully saturated rings. The Balaban J connectivity index is 2.32. The highest BCUT2D eigenvalue weighted by Crippen LogP contribution is 2.32. The maximum Gasteiger partial charge on any atom is 0.152 e. The normalized spacial score (nSPS) is 10.8. The van der Waals surface area contributed by atoms with Gasteiger partial charge >= 0.3 is 0 Å². The third-order valence-corrected chi connectivity index (χ3v) is 3.73. The molecule has 0 saturated carbocycles. The van der Waals surface area contributed by atoms with Crippen molar-refractivity contribution in [3.05, 3.63) is 58.3 Å². The summed E-state index contributed by atoms with van der Waals surface area (Å²) >= 11 is 3.45. The number of H-pyrrole nitrogens is 1. The number of aromatic amines is 1. The predicted molar refractivity (Wildman–Crippen MR) is 76.8 cm³/mol. The second-order valence-electron chi connectivity index (χ2n) is 4.20. The van der Waals surface area contributed by atoms with Crippen LogP contribution in [0.5, 0.6) is 0 Å². The molecule has 0 aliphatic rings. The van der Waals surface area contributed by atoms with Gasteiger partial charge in [-0.2, -0.15) is 0 Å². The fourth-order valence-electron chi connectivity index (χ4n) is 2.17. The van der Waals surface area contributed by atoms with Crippen LogP contribution in [0.1, 0.15) is 10.4 Å². The molecule has 0 saturated heterocycles. The first kappa shape index (κ1) is 12.1. The molecule has 0 amide bonds. The quantitative estimate of drug-likeness (QED) is 0.691. The Morgan fingerprint density at radius 3 is 2.53 bits per heavy atom. The lowest BCUT2D eigenvalue weighted by molar-refractivity contribution is 0.112. The van der Waals surface area contributed by atoms with Crippen molar-refractivity contribution in [1.29, 1.82) is 0 Å². The molecule has 2 aromatic carbocycles. The van der Waals surface area contributed by atoms with Gasteiger partial charge in [0.2, 0.25) is 0 Å². The van der Waals surface area contributed by atoms with Gasteiger partial charge in [0.1, 0.15) is 5.82 Å². The average molecular weight is 318 g/mol. The van der Waals surface area contributed by atoms with E-state index >= 15 is 0 Å². The fraction of sp³-hybridized carbons (Fsp3) is 0. The van der Waals surface area contributed by atoms with E-state index < -0.39 is 0 Å². The summed E-state index contributed by atoms with van der Waals surface area (Å²) in [4.78, 5) is 14.6. The van der Waals surface area contributed by atoms with Crippen LogP contribution in [0.15, 0.2) is 46.9 Å². The fourth-order valence-corrected chi connectivity index (χ4v) is 2.63. The molecule has 94 valence electrons. The highest BCUT2D eigenvalue weighted by Gasteiger charge is 2.13. The van der Waals surface area contributed by atoms with E-state index in [4.69, 9.17) is 0 Å². The Hall–Kier alpha value is -1.94. The van der Waals surface area contributed by atoms with Gasteiger partial charge in [0.05, 0.1) is 11.2 Å². The lowest BCUT2D eigenvalue weighted by atomic mass is 10.1. The molecule has 4 heteroatoms. The molecule has 0 radical (unpaired) electrons. The lowest BCUT2D eigenvalue weighted by Crippen LogP contribution is -1.84. The molecule has 1 heterocycles. The summed E-state index contributed by atoms with van der Waals surface area (Å²) in [5.74, 6) is -0.298. The lowest BCUT2D eigenvalue weighted by Gasteiger charge is -1.99. The van der Waals surface area contributed by atoms with Crippen LogP contribution in [-0.2, 0) is 0 Å². The van der Waals surface area contributed by atoms with Gasteiger partial charge in [0, 0.05) is 15.4 Å². The van der Waals surface area contributed by atoms with Crippen molar-refractivity contribution in [2.24, 2.45) is 0 Å². The highest BCUT2D eigenvalue weighted by atomic mass is 79.9. The molecule has 2 nitrogen and oxygen atoms in total. The largest absolute Gasteiger partial charge is 0.353 e. The van der Waals surface area contributed by atoms with Crippen molar-refractivity contribution in [1.82, 2.24) is 4.98 Å². The molecule has 1 N–H and O–H groups in total. The summed E-state index contributed by atoms with van der Waals surface area (Å²) in [5.41, 5.74) is 2.94. The number of para-hydroxylation sites is 1. The van der Waals surface area contributed by atoms with Gasteiger partial charge in [-0.25, -0.2) is 4.39 Å². The third kappa shape index (κ3) is 1.98. The van der Waals surface area contributed by atoms with Gasteiger partial charge < -0.3 is 4.98 Å². The van der Waals surface area contributed by atoms with Crippen LogP contribution in [0.2, 0.25) is 0 Å². The van der Waals surface area contributed by atoms with E-state index in [-0.39, 0.29) is 5.82 Å². The summed E-state index contributed by atoms with van der Waals surface area (Å²) in [6.45, 7) is 0. The highest BCUT2D eigenvalue weighted by molar-refractivity contribution is 9.10. The van der Waals surface area contributed by atoms with E-state index in [0.29, 0.717) is 11.3 Å². The Morgan fingerprint density at radius 1 is 1.11 bits per heavy atom. The number of halogens is 2. The van der Waals surface area contributed by atoms with Crippen molar-refractivity contribution in [3.8, 4) is 11.3 Å². The smallest absolute Gasteiger partial charge is 0.152 e. The zero-order valence-electron chi connectivity index (χ0n) is 9.78. The van der Waals surface area contributed by atoms with Crippen molar-refractivity contribution in [2.45, 2.75) is 0 Å². The summed E-state index contributed by atoms with van der Waals surface area (Å²) < 4.78 is 13.9. The maximum atomic E-state index is 13.0. The Kier molecular flexibility index (Phi) is 2.95. The number of rotatable bonds is 2. The SMILES string of the molecule is O=Cc1c(-c2ccc(F)cc2)[nH]c2c(Br)cccc12. The average Bonchev–Trinajstić information content (AvgIpc) is 2.79. The van der Waals surface area contributed by atoms with Gasteiger partial charge in [0.15, 0.2) is 6.29 Å². The summed E-state index contributed by atoms with van der Waals surface area (Å²) in [7, 11) is 0. The van der Waals surface area contributed by atoms with Crippen molar-refractivity contribution in [3.63, 3.8) is 0 Å². The van der Waals surface area contributed by atoms with Crippen LogP contribution < -0.4 is 0 Å². The van der Waals surface area contributed by atoms with Gasteiger partial charge in [-0.1, -0.05) is 12.1 Å². The molecule has 3 aromatic rings. The molecule has 0 bridgehead atoms. The van der Waals surface area contributed by atoms with Crippen LogP contribution in [0, 0.1) is 5.82 Å². The molecule has 0 aliphatic heterocycles. The summed E-state index contributed by atoms with van der Waals surface area (Å²) in [6, 6.07) is 11.7. The van der Waals surface area contributed by atoms with Gasteiger partial charge in [-0.15, -0.1) is 0 Å². The summed E-state index contributed by atoms with van der Waals surface area (Å²) in [6.07, 6.45) is 0.823. The second-order valence-corrected chi connectivity index (χ2v) is 5.06. The van der Waals surface area contributed by atoms with E-state index in [1.54, 1.807) is 12.1 Å². The van der Waals surface area contributed by atoms with E-state index in [2.05, 4.69) is 20.9 Å². The minimum Gasteiger partial charge on any atom is -0.353 e. The number of carbonyl (C=O) groups is 1. The van der Waals surface area contributed by atoms with Gasteiger partial charge in [-0.05, 0) is 51.8 Å². The van der Waals surface area contributed by atoms with Crippen LogP contribution in [0.3, 0.4) is 0 Å². The van der Waals surface area contributed by atoms with E-state index in [0.717, 1.165) is 27.2 Å². The van der Waals surface area contributed by atoms with Gasteiger partial charge in [0.25, 0.3) is 0 Å². The Labute approximate surface area is 117 Å². The number of nitrogens with one attached hydrogen (secondary N) is 1. The standard InChI is InChI=1S/C15H9BrFNO/c16-13-3-1-2-11-12(8-19)14(18-15(11)13)9-4-6-10(17)7-5-9/h1-8,18H. The van der Waals surface area contributed by atoms with E-state index in [1.165, 1.54) is 12.1 Å². The predicted octanol–water partition coefficient (Wildman–Crippen LogP) is 4.55. The molecule has 0 unspecified atom stereocenters. The zero-order valence-corrected chi connectivity index (χ0v) is 11.4. The maximum absolute atomic E-state index is 13.0. The second kappa shape index (κ2) is 4.63. The van der Waals surface area contributed by atoms with E-state index in [9.17, 15) is 9.18 Å². The molecule has 0 atom stereocenters. The van der Waals surface area contributed by atoms with Crippen LogP contribution >= 0.6 is 15.9 Å². The molecule has 1 aromatic heterocycles. The molecular formula is C15H9BrFNO. The minimum absolute atomic E-state index is 0.298. The molecular weight excluding hydrogens is 309 g/mol. The number of benzene rings is 2. The first-order valence-electron chi connectivity index (χ1n) is 5.72. The van der Waals surface area contributed by atoms with E-state index in [1.807, 2.05) is 18.2 Å².